The standard InChI is InChI=1S/C18H19F5N4O4S/c1-25-5-4-24-16(25)17(29,18(21,22)23)11-15(28)26-6-8-27(9-7-26)32(30,31)12-2-3-13(19)14(20)10-12/h2-5,10,29H,6-9,11H2,1H3. The number of alkyl halides is 3. The van der Waals surface area contributed by atoms with Crippen molar-refractivity contribution in [1.29, 1.82) is 0 Å². The molecule has 1 aromatic carbocycles. The Morgan fingerprint density at radius 3 is 2.25 bits per heavy atom. The lowest BCUT2D eigenvalue weighted by Crippen LogP contribution is -2.53. The van der Waals surface area contributed by atoms with Crippen LogP contribution in [0.3, 0.4) is 0 Å². The van der Waals surface area contributed by atoms with Gasteiger partial charge in [0.05, 0.1) is 11.3 Å². The topological polar surface area (TPSA) is 95.7 Å². The zero-order chi connectivity index (χ0) is 23.9. The molecule has 0 spiro atoms. The van der Waals surface area contributed by atoms with Crippen LogP contribution in [-0.4, -0.2) is 70.5 Å². The summed E-state index contributed by atoms with van der Waals surface area (Å²) >= 11 is 0. The Kier molecular flexibility index (Phi) is 6.32. The van der Waals surface area contributed by atoms with Crippen molar-refractivity contribution in [2.45, 2.75) is 23.1 Å². The molecule has 176 valence electrons. The van der Waals surface area contributed by atoms with Gasteiger partial charge in [-0.25, -0.2) is 22.2 Å². The largest absolute Gasteiger partial charge is 0.425 e. The van der Waals surface area contributed by atoms with Gasteiger partial charge in [-0.15, -0.1) is 0 Å². The van der Waals surface area contributed by atoms with Crippen LogP contribution in [0.5, 0.6) is 0 Å². The summed E-state index contributed by atoms with van der Waals surface area (Å²) in [6, 6.07) is 2.08. The van der Waals surface area contributed by atoms with Gasteiger partial charge in [0.2, 0.25) is 21.5 Å². The van der Waals surface area contributed by atoms with E-state index in [2.05, 4.69) is 4.98 Å². The van der Waals surface area contributed by atoms with Crippen LogP contribution in [0.2, 0.25) is 0 Å². The average molecular weight is 482 g/mol. The van der Waals surface area contributed by atoms with Gasteiger partial charge in [0.25, 0.3) is 0 Å². The summed E-state index contributed by atoms with van der Waals surface area (Å²) in [6.07, 6.45) is -4.28. The van der Waals surface area contributed by atoms with E-state index < -0.39 is 56.5 Å². The molecule has 0 saturated carbocycles. The van der Waals surface area contributed by atoms with Crippen molar-refractivity contribution in [1.82, 2.24) is 18.8 Å². The van der Waals surface area contributed by atoms with E-state index in [1.54, 1.807) is 0 Å². The van der Waals surface area contributed by atoms with Crippen LogP contribution in [0, 0.1) is 11.6 Å². The first-order valence-electron chi connectivity index (χ1n) is 9.27. The molecule has 2 heterocycles. The molecule has 1 fully saturated rings. The van der Waals surface area contributed by atoms with Crippen LogP contribution < -0.4 is 0 Å². The third kappa shape index (κ3) is 4.34. The molecule has 1 amide bonds. The molecule has 32 heavy (non-hydrogen) atoms. The number of piperazine rings is 1. The monoisotopic (exact) mass is 482 g/mol. The number of benzene rings is 1. The van der Waals surface area contributed by atoms with Gasteiger partial charge in [-0.05, 0) is 18.2 Å². The van der Waals surface area contributed by atoms with Crippen molar-refractivity contribution >= 4 is 15.9 Å². The van der Waals surface area contributed by atoms with Crippen molar-refractivity contribution in [3.63, 3.8) is 0 Å². The van der Waals surface area contributed by atoms with E-state index in [0.29, 0.717) is 12.1 Å². The molecule has 14 heteroatoms. The predicted molar refractivity (Wildman–Crippen MR) is 99.5 cm³/mol. The second-order valence-corrected chi connectivity index (χ2v) is 9.20. The minimum atomic E-state index is -5.19. The molecule has 1 aliphatic rings. The van der Waals surface area contributed by atoms with Crippen LogP contribution in [0.25, 0.3) is 0 Å². The number of amides is 1. The van der Waals surface area contributed by atoms with Crippen LogP contribution >= 0.6 is 0 Å². The molecule has 1 atom stereocenters. The minimum Gasteiger partial charge on any atom is -0.374 e. The van der Waals surface area contributed by atoms with Gasteiger partial charge in [0, 0.05) is 45.6 Å². The van der Waals surface area contributed by atoms with Crippen molar-refractivity contribution in [3.05, 3.63) is 48.1 Å². The Bertz CT molecular complexity index is 1110. The number of hydrogen-bond acceptors (Lipinski definition) is 5. The van der Waals surface area contributed by atoms with Gasteiger partial charge in [-0.3, -0.25) is 4.79 Å². The van der Waals surface area contributed by atoms with Crippen LogP contribution in [0.1, 0.15) is 12.2 Å². The maximum absolute atomic E-state index is 13.6. The maximum atomic E-state index is 13.6. The number of aliphatic hydroxyl groups is 1. The molecular formula is C18H19F5N4O4S. The minimum absolute atomic E-state index is 0.254. The fraction of sp³-hybridized carbons (Fsp3) is 0.444. The highest BCUT2D eigenvalue weighted by atomic mass is 32.2. The lowest BCUT2D eigenvalue weighted by atomic mass is 9.96. The number of carbonyl (C=O) groups is 1. The normalized spacial score (nSPS) is 17.9. The number of aromatic nitrogens is 2. The van der Waals surface area contributed by atoms with Gasteiger partial charge >= 0.3 is 6.18 Å². The molecule has 1 aromatic heterocycles. The van der Waals surface area contributed by atoms with Crippen molar-refractivity contribution in [2.75, 3.05) is 26.2 Å². The number of halogens is 5. The summed E-state index contributed by atoms with van der Waals surface area (Å²) < 4.78 is 94.5. The molecule has 2 aromatic rings. The number of sulfonamides is 1. The smallest absolute Gasteiger partial charge is 0.374 e. The Balaban J connectivity index is 1.72. The fourth-order valence-corrected chi connectivity index (χ4v) is 4.80. The zero-order valence-electron chi connectivity index (χ0n) is 16.7. The van der Waals surface area contributed by atoms with Crippen molar-refractivity contribution in [2.24, 2.45) is 7.05 Å². The Hall–Kier alpha value is -2.58. The lowest BCUT2D eigenvalue weighted by molar-refractivity contribution is -0.272. The first-order valence-corrected chi connectivity index (χ1v) is 10.7. The zero-order valence-corrected chi connectivity index (χ0v) is 17.5. The van der Waals surface area contributed by atoms with Crippen LogP contribution in [0.4, 0.5) is 22.0 Å². The Morgan fingerprint density at radius 2 is 1.75 bits per heavy atom. The van der Waals surface area contributed by atoms with Gasteiger partial charge in [0.15, 0.2) is 17.5 Å². The number of imidazole rings is 1. The van der Waals surface area contributed by atoms with E-state index >= 15 is 0 Å². The molecule has 1 N–H and O–H groups in total. The summed E-state index contributed by atoms with van der Waals surface area (Å²) in [4.78, 5) is 16.6. The molecule has 3 rings (SSSR count). The first kappa shape index (κ1) is 24.1. The van der Waals surface area contributed by atoms with E-state index in [4.69, 9.17) is 0 Å². The molecule has 0 aliphatic carbocycles. The summed E-state index contributed by atoms with van der Waals surface area (Å²) in [5.74, 6) is -4.36. The highest BCUT2D eigenvalue weighted by molar-refractivity contribution is 7.89. The van der Waals surface area contributed by atoms with Gasteiger partial charge in [-0.1, -0.05) is 0 Å². The summed E-state index contributed by atoms with van der Waals surface area (Å²) in [7, 11) is -2.96. The second-order valence-electron chi connectivity index (χ2n) is 7.26. The third-order valence-corrected chi connectivity index (χ3v) is 7.08. The third-order valence-electron chi connectivity index (χ3n) is 5.19. The highest BCUT2D eigenvalue weighted by Gasteiger charge is 2.59. The lowest BCUT2D eigenvalue weighted by Gasteiger charge is -2.36. The van der Waals surface area contributed by atoms with Crippen molar-refractivity contribution in [3.8, 4) is 0 Å². The quantitative estimate of drug-likeness (QED) is 0.650. The fourth-order valence-electron chi connectivity index (χ4n) is 3.37. The number of rotatable bonds is 5. The van der Waals surface area contributed by atoms with Crippen molar-refractivity contribution < 1.29 is 40.3 Å². The van der Waals surface area contributed by atoms with Gasteiger partial charge in [-0.2, -0.15) is 17.5 Å². The Morgan fingerprint density at radius 1 is 1.12 bits per heavy atom. The number of nitrogens with zero attached hydrogens (tertiary/aromatic N) is 4. The summed E-state index contributed by atoms with van der Waals surface area (Å²) in [5, 5.41) is 10.3. The highest BCUT2D eigenvalue weighted by Crippen LogP contribution is 2.41. The molecule has 1 saturated heterocycles. The maximum Gasteiger partial charge on any atom is 0.425 e. The van der Waals surface area contributed by atoms with Crippen LogP contribution in [-0.2, 0) is 27.5 Å². The first-order chi connectivity index (χ1) is 14.8. The second kappa shape index (κ2) is 8.41. The summed E-state index contributed by atoms with van der Waals surface area (Å²) in [5.41, 5.74) is -3.53. The molecule has 1 unspecified atom stereocenters. The number of hydrogen-bond donors (Lipinski definition) is 1. The predicted octanol–water partition coefficient (Wildman–Crippen LogP) is 1.37. The van der Waals surface area contributed by atoms with E-state index in [9.17, 15) is 40.3 Å². The molecule has 8 nitrogen and oxygen atoms in total. The number of carbonyl (C=O) groups excluding carboxylic acids is 1. The van der Waals surface area contributed by atoms with Crippen LogP contribution in [0.15, 0.2) is 35.5 Å². The van der Waals surface area contributed by atoms with E-state index in [1.165, 1.54) is 13.2 Å². The average Bonchev–Trinajstić information content (AvgIpc) is 3.15. The molecule has 0 bridgehead atoms. The van der Waals surface area contributed by atoms with E-state index in [1.807, 2.05) is 0 Å². The Labute approximate surface area is 179 Å². The van der Waals surface area contributed by atoms with E-state index in [0.717, 1.165) is 26.0 Å². The van der Waals surface area contributed by atoms with Gasteiger partial charge < -0.3 is 14.6 Å². The van der Waals surface area contributed by atoms with E-state index in [-0.39, 0.29) is 26.2 Å². The molecule has 1 aliphatic heterocycles. The number of aryl methyl sites for hydroxylation is 1. The molecule has 0 radical (unpaired) electrons. The molecular weight excluding hydrogens is 463 g/mol. The SMILES string of the molecule is Cn1ccnc1C(O)(CC(=O)N1CCN(S(=O)(=O)c2ccc(F)c(F)c2)CC1)C(F)(F)F. The van der Waals surface area contributed by atoms with Gasteiger partial charge in [0.1, 0.15) is 0 Å². The summed E-state index contributed by atoms with van der Waals surface area (Å²) in [6.45, 7) is -1.06.